The van der Waals surface area contributed by atoms with Gasteiger partial charge in [0.05, 0.1) is 12.0 Å². The molecule has 0 heterocycles. The van der Waals surface area contributed by atoms with E-state index in [4.69, 9.17) is 5.11 Å². The fraction of sp³-hybridized carbons (Fsp3) is 0.333. The number of aliphatic carboxylic acids is 1. The summed E-state index contributed by atoms with van der Waals surface area (Å²) in [5, 5.41) is 12.7. The minimum Gasteiger partial charge on any atom is -0.481 e. The summed E-state index contributed by atoms with van der Waals surface area (Å²) < 4.78 is 50.9. The number of halogens is 4. The van der Waals surface area contributed by atoms with Gasteiger partial charge in [-0.05, 0) is 17.7 Å². The third-order valence-electron chi connectivity index (χ3n) is 2.44. The van der Waals surface area contributed by atoms with Crippen molar-refractivity contribution in [3.05, 3.63) is 35.1 Å². The third-order valence-corrected chi connectivity index (χ3v) is 2.44. The molecule has 0 fully saturated rings. The second-order valence-electron chi connectivity index (χ2n) is 4.05. The molecule has 21 heavy (non-hydrogen) atoms. The Bertz CT molecular complexity index is 532. The molecular weight excluding hydrogens is 296 g/mol. The van der Waals surface area contributed by atoms with Crippen LogP contribution in [0.1, 0.15) is 17.5 Å². The third kappa shape index (κ3) is 5.67. The molecule has 0 aliphatic carbocycles. The summed E-state index contributed by atoms with van der Waals surface area (Å²) in [7, 11) is 0. The van der Waals surface area contributed by atoms with Crippen LogP contribution in [0.25, 0.3) is 0 Å². The summed E-state index contributed by atoms with van der Waals surface area (Å²) in [4.78, 5) is 21.5. The zero-order chi connectivity index (χ0) is 16.0. The number of carboxylic acids is 1. The Kier molecular flexibility index (Phi) is 5.51. The molecule has 0 bridgehead atoms. The molecule has 2 amide bonds. The maximum atomic E-state index is 12.9. The van der Waals surface area contributed by atoms with Gasteiger partial charge in [0.2, 0.25) is 0 Å². The number of urea groups is 1. The van der Waals surface area contributed by atoms with Crippen LogP contribution >= 0.6 is 0 Å². The van der Waals surface area contributed by atoms with Crippen molar-refractivity contribution < 1.29 is 32.3 Å². The maximum Gasteiger partial charge on any atom is 0.416 e. The summed E-state index contributed by atoms with van der Waals surface area (Å²) in [5.41, 5.74) is -1.47. The molecular formula is C12H12F4N2O3. The molecule has 0 aliphatic rings. The predicted molar refractivity (Wildman–Crippen MR) is 63.9 cm³/mol. The molecule has 0 atom stereocenters. The van der Waals surface area contributed by atoms with Crippen LogP contribution in [0.4, 0.5) is 22.4 Å². The Morgan fingerprint density at radius 3 is 2.43 bits per heavy atom. The van der Waals surface area contributed by atoms with E-state index in [1.54, 1.807) is 0 Å². The van der Waals surface area contributed by atoms with E-state index < -0.39 is 36.1 Å². The van der Waals surface area contributed by atoms with Gasteiger partial charge in [-0.25, -0.2) is 9.18 Å². The molecule has 0 aliphatic heterocycles. The van der Waals surface area contributed by atoms with Crippen molar-refractivity contribution in [2.75, 3.05) is 6.54 Å². The summed E-state index contributed by atoms with van der Waals surface area (Å²) in [5.74, 6) is -2.15. The molecule has 1 rings (SSSR count). The van der Waals surface area contributed by atoms with Crippen LogP contribution in [0.15, 0.2) is 18.2 Å². The van der Waals surface area contributed by atoms with E-state index in [9.17, 15) is 27.2 Å². The van der Waals surface area contributed by atoms with Gasteiger partial charge in [-0.1, -0.05) is 6.07 Å². The number of carbonyl (C=O) groups excluding carboxylic acids is 1. The van der Waals surface area contributed by atoms with Crippen LogP contribution < -0.4 is 10.6 Å². The fourth-order valence-corrected chi connectivity index (χ4v) is 1.49. The SMILES string of the molecule is O=C(O)CCNC(=O)NCc1ccc(F)cc1C(F)(F)F. The van der Waals surface area contributed by atoms with E-state index in [1.807, 2.05) is 0 Å². The topological polar surface area (TPSA) is 78.4 Å². The summed E-state index contributed by atoms with van der Waals surface area (Å²) in [6.07, 6.45) is -5.04. The van der Waals surface area contributed by atoms with Crippen LogP contribution in [-0.4, -0.2) is 23.7 Å². The van der Waals surface area contributed by atoms with Crippen molar-refractivity contribution in [3.8, 4) is 0 Å². The molecule has 1 aromatic carbocycles. The van der Waals surface area contributed by atoms with E-state index in [-0.39, 0.29) is 18.5 Å². The van der Waals surface area contributed by atoms with Gasteiger partial charge in [0.25, 0.3) is 0 Å². The molecule has 0 unspecified atom stereocenters. The first-order valence-corrected chi connectivity index (χ1v) is 5.79. The second-order valence-corrected chi connectivity index (χ2v) is 4.05. The number of carbonyl (C=O) groups is 2. The Morgan fingerprint density at radius 1 is 1.19 bits per heavy atom. The van der Waals surface area contributed by atoms with Gasteiger partial charge in [-0.15, -0.1) is 0 Å². The monoisotopic (exact) mass is 308 g/mol. The number of hydrogen-bond donors (Lipinski definition) is 3. The molecule has 1 aromatic rings. The Labute approximate surface area is 117 Å². The van der Waals surface area contributed by atoms with Crippen molar-refractivity contribution in [3.63, 3.8) is 0 Å². The summed E-state index contributed by atoms with van der Waals surface area (Å²) in [6, 6.07) is 1.32. The molecule has 0 radical (unpaired) electrons. The molecule has 116 valence electrons. The lowest BCUT2D eigenvalue weighted by atomic mass is 10.1. The van der Waals surface area contributed by atoms with Crippen LogP contribution in [0.3, 0.4) is 0 Å². The normalized spacial score (nSPS) is 11.0. The quantitative estimate of drug-likeness (QED) is 0.729. The number of amides is 2. The average molecular weight is 308 g/mol. The minimum atomic E-state index is -4.74. The minimum absolute atomic E-state index is 0.156. The molecule has 0 saturated carbocycles. The van der Waals surface area contributed by atoms with Crippen molar-refractivity contribution in [2.45, 2.75) is 19.1 Å². The zero-order valence-corrected chi connectivity index (χ0v) is 10.6. The fourth-order valence-electron chi connectivity index (χ4n) is 1.49. The standard InChI is InChI=1S/C12H12F4N2O3/c13-8-2-1-7(9(5-8)12(14,15)16)6-18-11(21)17-4-3-10(19)20/h1-2,5H,3-4,6H2,(H,19,20)(H2,17,18,21). The molecule has 0 aromatic heterocycles. The van der Waals surface area contributed by atoms with E-state index in [2.05, 4.69) is 10.6 Å². The highest BCUT2D eigenvalue weighted by molar-refractivity contribution is 5.75. The number of benzene rings is 1. The van der Waals surface area contributed by atoms with E-state index in [1.165, 1.54) is 0 Å². The predicted octanol–water partition coefficient (Wildman–Crippen LogP) is 2.12. The van der Waals surface area contributed by atoms with Gasteiger partial charge >= 0.3 is 18.2 Å². The number of nitrogens with one attached hydrogen (secondary N) is 2. The number of hydrogen-bond acceptors (Lipinski definition) is 2. The van der Waals surface area contributed by atoms with Gasteiger partial charge in [0, 0.05) is 13.1 Å². The van der Waals surface area contributed by atoms with Crippen molar-refractivity contribution in [2.24, 2.45) is 0 Å². The summed E-state index contributed by atoms with van der Waals surface area (Å²) >= 11 is 0. The molecule has 0 saturated heterocycles. The second kappa shape index (κ2) is 6.91. The van der Waals surface area contributed by atoms with E-state index in [0.717, 1.165) is 12.1 Å². The van der Waals surface area contributed by atoms with E-state index >= 15 is 0 Å². The van der Waals surface area contributed by atoms with Crippen LogP contribution in [0.5, 0.6) is 0 Å². The number of alkyl halides is 3. The number of rotatable bonds is 5. The van der Waals surface area contributed by atoms with Gasteiger partial charge in [-0.3, -0.25) is 4.79 Å². The van der Waals surface area contributed by atoms with E-state index in [0.29, 0.717) is 6.07 Å². The van der Waals surface area contributed by atoms with Crippen LogP contribution in [0, 0.1) is 5.82 Å². The number of carboxylic acid groups (broad SMARTS) is 1. The zero-order valence-electron chi connectivity index (χ0n) is 10.6. The molecule has 3 N–H and O–H groups in total. The Hall–Kier alpha value is -2.32. The highest BCUT2D eigenvalue weighted by Gasteiger charge is 2.33. The summed E-state index contributed by atoms with van der Waals surface area (Å²) in [6.45, 7) is -0.620. The first kappa shape index (κ1) is 16.7. The first-order chi connectivity index (χ1) is 9.70. The smallest absolute Gasteiger partial charge is 0.416 e. The van der Waals surface area contributed by atoms with Gasteiger partial charge in [0.15, 0.2) is 0 Å². The highest BCUT2D eigenvalue weighted by Crippen LogP contribution is 2.32. The lowest BCUT2D eigenvalue weighted by Crippen LogP contribution is -2.36. The lowest BCUT2D eigenvalue weighted by Gasteiger charge is -2.13. The molecule has 9 heteroatoms. The first-order valence-electron chi connectivity index (χ1n) is 5.79. The lowest BCUT2D eigenvalue weighted by molar-refractivity contribution is -0.138. The van der Waals surface area contributed by atoms with Crippen molar-refractivity contribution in [1.82, 2.24) is 10.6 Å². The maximum absolute atomic E-state index is 12.9. The Balaban J connectivity index is 2.63. The molecule has 5 nitrogen and oxygen atoms in total. The van der Waals surface area contributed by atoms with Crippen LogP contribution in [-0.2, 0) is 17.5 Å². The highest BCUT2D eigenvalue weighted by atomic mass is 19.4. The largest absolute Gasteiger partial charge is 0.481 e. The van der Waals surface area contributed by atoms with Gasteiger partial charge in [-0.2, -0.15) is 13.2 Å². The molecule has 0 spiro atoms. The van der Waals surface area contributed by atoms with Crippen molar-refractivity contribution >= 4 is 12.0 Å². The van der Waals surface area contributed by atoms with Crippen molar-refractivity contribution in [1.29, 1.82) is 0 Å². The van der Waals surface area contributed by atoms with Gasteiger partial charge < -0.3 is 15.7 Å². The average Bonchev–Trinajstić information content (AvgIpc) is 2.35. The van der Waals surface area contributed by atoms with Crippen LogP contribution in [0.2, 0.25) is 0 Å². The van der Waals surface area contributed by atoms with Gasteiger partial charge in [0.1, 0.15) is 5.82 Å². The Morgan fingerprint density at radius 2 is 1.86 bits per heavy atom.